The van der Waals surface area contributed by atoms with Gasteiger partial charge in [0.25, 0.3) is 5.91 Å². The summed E-state index contributed by atoms with van der Waals surface area (Å²) in [4.78, 5) is 19.3. The lowest BCUT2D eigenvalue weighted by Gasteiger charge is -2.16. The zero-order chi connectivity index (χ0) is 20.1. The van der Waals surface area contributed by atoms with E-state index in [1.54, 1.807) is 0 Å². The molecule has 0 saturated heterocycles. The number of nitrogens with zero attached hydrogens (tertiary/aromatic N) is 2. The van der Waals surface area contributed by atoms with Crippen molar-refractivity contribution in [3.63, 3.8) is 0 Å². The predicted octanol–water partition coefficient (Wildman–Crippen LogP) is 5.22. The van der Waals surface area contributed by atoms with Gasteiger partial charge < -0.3 is 10.1 Å². The van der Waals surface area contributed by atoms with Crippen molar-refractivity contribution in [2.45, 2.75) is 25.4 Å². The van der Waals surface area contributed by atoms with Crippen LogP contribution in [0.25, 0.3) is 21.8 Å². The molecule has 2 aromatic heterocycles. The number of carbonyl (C=O) groups excluding carboxylic acids is 1. The van der Waals surface area contributed by atoms with E-state index in [4.69, 9.17) is 4.74 Å². The summed E-state index contributed by atoms with van der Waals surface area (Å²) in [6.45, 7) is 0.486. The first-order valence-electron chi connectivity index (χ1n) is 9.93. The first-order chi connectivity index (χ1) is 14.7. The van der Waals surface area contributed by atoms with Crippen molar-refractivity contribution in [3.8, 4) is 27.6 Å². The Kier molecular flexibility index (Phi) is 3.95. The highest BCUT2D eigenvalue weighted by atomic mass is 32.1. The Hall–Kier alpha value is -3.45. The summed E-state index contributed by atoms with van der Waals surface area (Å²) < 4.78 is 5.81. The van der Waals surface area contributed by atoms with Crippen LogP contribution in [0, 0.1) is 0 Å². The number of carbonyl (C=O) groups is 1. The molecule has 0 atom stereocenters. The van der Waals surface area contributed by atoms with Crippen LogP contribution in [0.2, 0.25) is 0 Å². The van der Waals surface area contributed by atoms with Gasteiger partial charge in [-0.1, -0.05) is 24.3 Å². The predicted molar refractivity (Wildman–Crippen MR) is 116 cm³/mol. The van der Waals surface area contributed by atoms with Gasteiger partial charge in [-0.05, 0) is 43.2 Å². The van der Waals surface area contributed by atoms with E-state index in [0.717, 1.165) is 38.8 Å². The minimum Gasteiger partial charge on any atom is -0.488 e. The summed E-state index contributed by atoms with van der Waals surface area (Å²) in [5.41, 5.74) is 3.69. The third-order valence-corrected chi connectivity index (χ3v) is 6.60. The van der Waals surface area contributed by atoms with Crippen LogP contribution < -0.4 is 10.1 Å². The van der Waals surface area contributed by atoms with E-state index in [0.29, 0.717) is 23.2 Å². The number of nitrogens with one attached hydrogen (secondary N) is 2. The van der Waals surface area contributed by atoms with Crippen LogP contribution in [0.1, 0.15) is 39.8 Å². The number of ether oxygens (including phenoxy) is 1. The number of anilines is 1. The molecule has 7 heteroatoms. The zero-order valence-corrected chi connectivity index (χ0v) is 16.8. The maximum absolute atomic E-state index is 12.9. The Labute approximate surface area is 176 Å². The number of H-pyrrole nitrogens is 1. The van der Waals surface area contributed by atoms with Crippen LogP contribution in [0.5, 0.6) is 5.75 Å². The minimum atomic E-state index is -0.127. The number of fused-ring (bicyclic) bond motifs is 3. The summed E-state index contributed by atoms with van der Waals surface area (Å²) in [6.07, 6.45) is 2.34. The molecule has 3 heterocycles. The molecule has 2 N–H and O–H groups in total. The molecule has 4 aromatic rings. The van der Waals surface area contributed by atoms with Gasteiger partial charge in [-0.25, -0.2) is 4.98 Å². The first kappa shape index (κ1) is 17.4. The van der Waals surface area contributed by atoms with Crippen molar-refractivity contribution >= 4 is 22.9 Å². The second-order valence-electron chi connectivity index (χ2n) is 7.60. The maximum atomic E-state index is 12.9. The van der Waals surface area contributed by atoms with Crippen molar-refractivity contribution < 1.29 is 9.53 Å². The third kappa shape index (κ3) is 3.07. The van der Waals surface area contributed by atoms with Gasteiger partial charge in [0.05, 0.1) is 4.88 Å². The number of aromatic amines is 1. The smallest absolute Gasteiger partial charge is 0.265 e. The zero-order valence-electron chi connectivity index (χ0n) is 16.0. The first-order valence-corrected chi connectivity index (χ1v) is 10.8. The average molecular weight is 414 g/mol. The topological polar surface area (TPSA) is 79.9 Å². The molecule has 30 heavy (non-hydrogen) atoms. The SMILES string of the molecule is O=C(Nc1cccc(-c2n[nH]c(C3CC3)n2)c1)c1cc2c(s1)-c1ccccc1OC2. The van der Waals surface area contributed by atoms with E-state index in [1.807, 2.05) is 54.6 Å². The highest BCUT2D eigenvalue weighted by molar-refractivity contribution is 7.17. The molecule has 0 spiro atoms. The molecule has 148 valence electrons. The lowest BCUT2D eigenvalue weighted by molar-refractivity contribution is 0.103. The Morgan fingerprint density at radius 3 is 2.93 bits per heavy atom. The molecule has 1 aliphatic carbocycles. The van der Waals surface area contributed by atoms with Crippen molar-refractivity contribution in [2.75, 3.05) is 5.32 Å². The van der Waals surface area contributed by atoms with E-state index in [2.05, 4.69) is 20.5 Å². The standard InChI is InChI=1S/C23H18N4O2S/c28-23(19-11-15-12-29-18-7-2-1-6-17(18)20(15)30-19)24-16-5-3-4-14(10-16)22-25-21(26-27-22)13-8-9-13/h1-7,10-11,13H,8-9,12H2,(H,24,28)(H,25,26,27). The van der Waals surface area contributed by atoms with Gasteiger partial charge >= 0.3 is 0 Å². The second-order valence-corrected chi connectivity index (χ2v) is 8.66. The molecule has 1 aliphatic heterocycles. The number of rotatable bonds is 4. The third-order valence-electron chi connectivity index (χ3n) is 5.39. The number of amides is 1. The second kappa shape index (κ2) is 6.81. The molecule has 1 amide bonds. The monoisotopic (exact) mass is 414 g/mol. The molecule has 2 aliphatic rings. The van der Waals surface area contributed by atoms with Crippen LogP contribution in [-0.2, 0) is 6.61 Å². The average Bonchev–Trinajstić information content (AvgIpc) is 3.34. The lowest BCUT2D eigenvalue weighted by Crippen LogP contribution is -2.10. The molecular formula is C23H18N4O2S. The van der Waals surface area contributed by atoms with Crippen molar-refractivity contribution in [3.05, 3.63) is 70.9 Å². The Morgan fingerprint density at radius 2 is 2.03 bits per heavy atom. The highest BCUT2D eigenvalue weighted by Gasteiger charge is 2.27. The van der Waals surface area contributed by atoms with Gasteiger partial charge in [-0.15, -0.1) is 11.3 Å². The fraction of sp³-hybridized carbons (Fsp3) is 0.174. The summed E-state index contributed by atoms with van der Waals surface area (Å²) in [5, 5.41) is 10.4. The summed E-state index contributed by atoms with van der Waals surface area (Å²) in [6, 6.07) is 17.5. The van der Waals surface area contributed by atoms with Crippen LogP contribution in [0.15, 0.2) is 54.6 Å². The fourth-order valence-corrected chi connectivity index (χ4v) is 4.78. The number of aromatic nitrogens is 3. The lowest BCUT2D eigenvalue weighted by atomic mass is 10.1. The van der Waals surface area contributed by atoms with Crippen molar-refractivity contribution in [2.24, 2.45) is 0 Å². The normalized spacial score (nSPS) is 14.5. The number of benzene rings is 2. The van der Waals surface area contributed by atoms with Gasteiger partial charge in [0.2, 0.25) is 0 Å². The van der Waals surface area contributed by atoms with Crippen LogP contribution in [0.4, 0.5) is 5.69 Å². The van der Waals surface area contributed by atoms with Gasteiger partial charge in [0.15, 0.2) is 5.82 Å². The number of para-hydroxylation sites is 1. The van der Waals surface area contributed by atoms with E-state index in [1.165, 1.54) is 24.2 Å². The molecule has 1 saturated carbocycles. The van der Waals surface area contributed by atoms with Gasteiger partial charge in [-0.3, -0.25) is 9.89 Å². The van der Waals surface area contributed by atoms with Crippen molar-refractivity contribution in [1.29, 1.82) is 0 Å². The molecule has 0 bridgehead atoms. The summed E-state index contributed by atoms with van der Waals surface area (Å²) >= 11 is 1.50. The van der Waals surface area contributed by atoms with Gasteiger partial charge in [0, 0.05) is 33.2 Å². The maximum Gasteiger partial charge on any atom is 0.265 e. The summed E-state index contributed by atoms with van der Waals surface area (Å²) in [7, 11) is 0. The van der Waals surface area contributed by atoms with E-state index in [-0.39, 0.29) is 5.91 Å². The molecule has 6 rings (SSSR count). The Bertz CT molecular complexity index is 1270. The number of hydrogen-bond donors (Lipinski definition) is 2. The molecule has 6 nitrogen and oxygen atoms in total. The van der Waals surface area contributed by atoms with Gasteiger partial charge in [-0.2, -0.15) is 5.10 Å². The number of hydrogen-bond acceptors (Lipinski definition) is 5. The highest BCUT2D eigenvalue weighted by Crippen LogP contribution is 2.42. The molecule has 0 radical (unpaired) electrons. The largest absolute Gasteiger partial charge is 0.488 e. The van der Waals surface area contributed by atoms with E-state index in [9.17, 15) is 4.79 Å². The molecule has 0 unspecified atom stereocenters. The quantitative estimate of drug-likeness (QED) is 0.480. The minimum absolute atomic E-state index is 0.127. The molecule has 1 fully saturated rings. The van der Waals surface area contributed by atoms with Gasteiger partial charge in [0.1, 0.15) is 18.2 Å². The van der Waals surface area contributed by atoms with E-state index >= 15 is 0 Å². The fourth-order valence-electron chi connectivity index (χ4n) is 3.68. The number of thiophene rings is 1. The van der Waals surface area contributed by atoms with Crippen LogP contribution in [-0.4, -0.2) is 21.1 Å². The van der Waals surface area contributed by atoms with E-state index < -0.39 is 0 Å². The van der Waals surface area contributed by atoms with Crippen molar-refractivity contribution in [1.82, 2.24) is 15.2 Å². The Balaban J connectivity index is 1.25. The summed E-state index contributed by atoms with van der Waals surface area (Å²) in [5.74, 6) is 2.87. The Morgan fingerprint density at radius 1 is 1.13 bits per heavy atom. The van der Waals surface area contributed by atoms with Crippen LogP contribution in [0.3, 0.4) is 0 Å². The molecule has 2 aromatic carbocycles. The van der Waals surface area contributed by atoms with Crippen LogP contribution >= 0.6 is 11.3 Å². The molecular weight excluding hydrogens is 396 g/mol.